The third-order valence-electron chi connectivity index (χ3n) is 4.56. The number of nitrogens with one attached hydrogen (secondary N) is 1. The number of furan rings is 1. The van der Waals surface area contributed by atoms with Crippen LogP contribution in [0.2, 0.25) is 0 Å². The van der Waals surface area contributed by atoms with Gasteiger partial charge in [0.2, 0.25) is 5.82 Å². The number of halogens is 1. The molecule has 0 aliphatic rings. The molecule has 0 aliphatic carbocycles. The van der Waals surface area contributed by atoms with Gasteiger partial charge in [-0.15, -0.1) is 21.5 Å². The minimum atomic E-state index is -0.323. The van der Waals surface area contributed by atoms with Crippen LogP contribution in [-0.4, -0.2) is 31.7 Å². The Labute approximate surface area is 186 Å². The fraction of sp³-hybridized carbons (Fsp3) is 0.238. The lowest BCUT2D eigenvalue weighted by atomic mass is 10.2. The number of hydrogen-bond acceptors (Lipinski definition) is 7. The molecule has 1 atom stereocenters. The quantitative estimate of drug-likeness (QED) is 0.377. The van der Waals surface area contributed by atoms with Crippen LogP contribution in [0, 0.1) is 5.82 Å². The molecule has 1 aromatic carbocycles. The number of nitrogens with zero attached hydrogens (tertiary/aromatic N) is 4. The number of amides is 1. The maximum absolute atomic E-state index is 13.4. The van der Waals surface area contributed by atoms with Crippen LogP contribution in [0.5, 0.6) is 0 Å². The fourth-order valence-electron chi connectivity index (χ4n) is 2.76. The average molecular weight is 458 g/mol. The molecule has 0 radical (unpaired) electrons. The lowest BCUT2D eigenvalue weighted by Crippen LogP contribution is -2.32. The molecule has 0 spiro atoms. The summed E-state index contributed by atoms with van der Waals surface area (Å²) in [5.41, 5.74) is 1.13. The Bertz CT molecular complexity index is 1160. The van der Waals surface area contributed by atoms with E-state index in [9.17, 15) is 9.18 Å². The maximum Gasteiger partial charge on any atom is 0.270 e. The van der Waals surface area contributed by atoms with E-state index in [1.54, 1.807) is 35.9 Å². The number of carbonyl (C=O) groups excluding carboxylic acids is 1. The molecule has 0 fully saturated rings. The predicted octanol–water partition coefficient (Wildman–Crippen LogP) is 4.94. The number of benzene rings is 1. The number of thioether (sulfide) groups is 1. The Morgan fingerprint density at radius 3 is 2.81 bits per heavy atom. The third kappa shape index (κ3) is 4.86. The van der Waals surface area contributed by atoms with E-state index in [1.807, 2.05) is 18.4 Å². The molecule has 31 heavy (non-hydrogen) atoms. The van der Waals surface area contributed by atoms with Crippen molar-refractivity contribution in [1.82, 2.24) is 25.1 Å². The fourth-order valence-corrected chi connectivity index (χ4v) is 4.50. The standard InChI is InChI=1S/C21H20FN5O2S2/c1-3-13(2)23-20(28)16-11-30-18(24-16)12-31-21-26-25-19(17-5-4-10-29-17)27(21)15-8-6-14(22)7-9-15/h4-11,13H,3,12H2,1-2H3,(H,23,28). The SMILES string of the molecule is CCC(C)NC(=O)c1csc(CSc2nnc(-c3ccco3)n2-c2ccc(F)cc2)n1. The van der Waals surface area contributed by atoms with Gasteiger partial charge in [-0.2, -0.15) is 0 Å². The highest BCUT2D eigenvalue weighted by Crippen LogP contribution is 2.30. The first-order valence-electron chi connectivity index (χ1n) is 9.68. The molecular formula is C21H20FN5O2S2. The van der Waals surface area contributed by atoms with Gasteiger partial charge in [-0.05, 0) is 49.7 Å². The van der Waals surface area contributed by atoms with Crippen molar-refractivity contribution in [3.05, 3.63) is 64.6 Å². The van der Waals surface area contributed by atoms with Crippen LogP contribution in [0.4, 0.5) is 4.39 Å². The molecule has 0 saturated carbocycles. The van der Waals surface area contributed by atoms with Gasteiger partial charge < -0.3 is 9.73 Å². The van der Waals surface area contributed by atoms with Crippen LogP contribution in [-0.2, 0) is 5.75 Å². The number of carbonyl (C=O) groups is 1. The van der Waals surface area contributed by atoms with Crippen LogP contribution >= 0.6 is 23.1 Å². The van der Waals surface area contributed by atoms with Gasteiger partial charge in [0.25, 0.3) is 5.91 Å². The molecule has 4 aromatic rings. The van der Waals surface area contributed by atoms with E-state index in [4.69, 9.17) is 4.42 Å². The van der Waals surface area contributed by atoms with Crippen molar-refractivity contribution in [3.63, 3.8) is 0 Å². The Kier molecular flexibility index (Phi) is 6.47. The van der Waals surface area contributed by atoms with Crippen molar-refractivity contribution >= 4 is 29.0 Å². The molecule has 0 saturated heterocycles. The smallest absolute Gasteiger partial charge is 0.270 e. The molecule has 7 nitrogen and oxygen atoms in total. The minimum Gasteiger partial charge on any atom is -0.461 e. The van der Waals surface area contributed by atoms with Crippen molar-refractivity contribution in [2.24, 2.45) is 0 Å². The van der Waals surface area contributed by atoms with E-state index in [2.05, 4.69) is 20.5 Å². The van der Waals surface area contributed by atoms with Crippen molar-refractivity contribution in [1.29, 1.82) is 0 Å². The maximum atomic E-state index is 13.4. The van der Waals surface area contributed by atoms with Gasteiger partial charge >= 0.3 is 0 Å². The molecule has 3 aromatic heterocycles. The van der Waals surface area contributed by atoms with E-state index in [1.165, 1.54) is 35.2 Å². The Morgan fingerprint density at radius 2 is 2.10 bits per heavy atom. The Balaban J connectivity index is 1.56. The van der Waals surface area contributed by atoms with Gasteiger partial charge in [0.15, 0.2) is 10.9 Å². The van der Waals surface area contributed by atoms with Crippen LogP contribution in [0.25, 0.3) is 17.3 Å². The van der Waals surface area contributed by atoms with Crippen LogP contribution in [0.3, 0.4) is 0 Å². The summed E-state index contributed by atoms with van der Waals surface area (Å²) >= 11 is 2.85. The Hall–Kier alpha value is -2.98. The first-order valence-corrected chi connectivity index (χ1v) is 11.5. The summed E-state index contributed by atoms with van der Waals surface area (Å²) in [7, 11) is 0. The van der Waals surface area contributed by atoms with E-state index in [0.29, 0.717) is 33.9 Å². The predicted molar refractivity (Wildman–Crippen MR) is 118 cm³/mol. The van der Waals surface area contributed by atoms with E-state index in [0.717, 1.165) is 11.4 Å². The zero-order chi connectivity index (χ0) is 21.8. The second-order valence-electron chi connectivity index (χ2n) is 6.79. The first kappa shape index (κ1) is 21.3. The number of rotatable bonds is 8. The summed E-state index contributed by atoms with van der Waals surface area (Å²) in [4.78, 5) is 16.7. The van der Waals surface area contributed by atoms with Gasteiger partial charge in [0, 0.05) is 11.4 Å². The summed E-state index contributed by atoms with van der Waals surface area (Å²) in [6.45, 7) is 3.97. The molecule has 0 bridgehead atoms. The molecule has 10 heteroatoms. The molecule has 1 amide bonds. The van der Waals surface area contributed by atoms with Crippen molar-refractivity contribution in [3.8, 4) is 17.3 Å². The second-order valence-corrected chi connectivity index (χ2v) is 8.68. The molecule has 0 aliphatic heterocycles. The highest BCUT2D eigenvalue weighted by Gasteiger charge is 2.19. The van der Waals surface area contributed by atoms with E-state index < -0.39 is 0 Å². The molecule has 4 rings (SSSR count). The largest absolute Gasteiger partial charge is 0.461 e. The molecule has 160 valence electrons. The zero-order valence-corrected chi connectivity index (χ0v) is 18.5. The highest BCUT2D eigenvalue weighted by atomic mass is 32.2. The molecule has 3 heterocycles. The monoisotopic (exact) mass is 457 g/mol. The zero-order valence-electron chi connectivity index (χ0n) is 16.9. The molecular weight excluding hydrogens is 437 g/mol. The lowest BCUT2D eigenvalue weighted by Gasteiger charge is -2.09. The van der Waals surface area contributed by atoms with E-state index >= 15 is 0 Å². The van der Waals surface area contributed by atoms with Crippen LogP contribution in [0.1, 0.15) is 35.8 Å². The van der Waals surface area contributed by atoms with Crippen molar-refractivity contribution in [2.45, 2.75) is 37.2 Å². The summed E-state index contributed by atoms with van der Waals surface area (Å²) in [6.07, 6.45) is 2.42. The van der Waals surface area contributed by atoms with E-state index in [-0.39, 0.29) is 17.8 Å². The number of thiazole rings is 1. The van der Waals surface area contributed by atoms with Crippen molar-refractivity contribution < 1.29 is 13.6 Å². The van der Waals surface area contributed by atoms with Gasteiger partial charge in [0.1, 0.15) is 16.5 Å². The van der Waals surface area contributed by atoms with Crippen LogP contribution in [0.15, 0.2) is 57.6 Å². The van der Waals surface area contributed by atoms with Gasteiger partial charge in [-0.25, -0.2) is 9.37 Å². The lowest BCUT2D eigenvalue weighted by molar-refractivity contribution is 0.0935. The average Bonchev–Trinajstić information content (AvgIpc) is 3.52. The highest BCUT2D eigenvalue weighted by molar-refractivity contribution is 7.98. The molecule has 1 N–H and O–H groups in total. The Morgan fingerprint density at radius 1 is 1.29 bits per heavy atom. The summed E-state index contributed by atoms with van der Waals surface area (Å²) in [6, 6.07) is 9.76. The van der Waals surface area contributed by atoms with Gasteiger partial charge in [0.05, 0.1) is 17.7 Å². The van der Waals surface area contributed by atoms with Crippen LogP contribution < -0.4 is 5.32 Å². The summed E-state index contributed by atoms with van der Waals surface area (Å²) in [5.74, 6) is 1.10. The number of aromatic nitrogens is 4. The second kappa shape index (κ2) is 9.44. The normalized spacial score (nSPS) is 12.1. The molecule has 1 unspecified atom stereocenters. The topological polar surface area (TPSA) is 85.8 Å². The third-order valence-corrected chi connectivity index (χ3v) is 6.53. The van der Waals surface area contributed by atoms with Crippen molar-refractivity contribution in [2.75, 3.05) is 0 Å². The first-order chi connectivity index (χ1) is 15.0. The minimum absolute atomic E-state index is 0.0984. The summed E-state index contributed by atoms with van der Waals surface area (Å²) < 4.78 is 20.7. The van der Waals surface area contributed by atoms with Gasteiger partial charge in [-0.3, -0.25) is 9.36 Å². The summed E-state index contributed by atoms with van der Waals surface area (Å²) in [5, 5.41) is 14.6. The van der Waals surface area contributed by atoms with Gasteiger partial charge in [-0.1, -0.05) is 18.7 Å². The number of hydrogen-bond donors (Lipinski definition) is 1.